The number of primary amides is 1. The smallest absolute Gasteiger partial charge is 0.404 e. The first-order valence-electron chi connectivity index (χ1n) is 3.85. The molecule has 0 spiro atoms. The van der Waals surface area contributed by atoms with Gasteiger partial charge in [-0.2, -0.15) is 0 Å². The van der Waals surface area contributed by atoms with Crippen LogP contribution in [0.3, 0.4) is 0 Å². The SMILES string of the molecule is NC(=O)c1cc(N)c(OC(F)(F)F)cc1Cl. The number of carbonyl (C=O) groups excluding carboxylic acids is 1. The van der Waals surface area contributed by atoms with Crippen LogP contribution in [0.2, 0.25) is 5.02 Å². The van der Waals surface area contributed by atoms with Crippen LogP contribution in [0.1, 0.15) is 10.4 Å². The number of benzene rings is 1. The van der Waals surface area contributed by atoms with Crippen LogP contribution >= 0.6 is 11.6 Å². The third-order valence-corrected chi connectivity index (χ3v) is 1.90. The number of hydrogen-bond acceptors (Lipinski definition) is 3. The van der Waals surface area contributed by atoms with E-state index in [2.05, 4.69) is 4.74 Å². The minimum absolute atomic E-state index is 0.173. The average Bonchev–Trinajstić information content (AvgIpc) is 2.07. The predicted octanol–water partition coefficient (Wildman–Crippen LogP) is 1.92. The summed E-state index contributed by atoms with van der Waals surface area (Å²) in [6, 6.07) is 1.70. The second-order valence-electron chi connectivity index (χ2n) is 2.78. The van der Waals surface area contributed by atoms with Gasteiger partial charge in [0.15, 0.2) is 5.75 Å². The van der Waals surface area contributed by atoms with E-state index in [1.807, 2.05) is 0 Å². The lowest BCUT2D eigenvalue weighted by Crippen LogP contribution is -2.19. The van der Waals surface area contributed by atoms with Crippen LogP contribution < -0.4 is 16.2 Å². The highest BCUT2D eigenvalue weighted by Gasteiger charge is 2.32. The van der Waals surface area contributed by atoms with Gasteiger partial charge in [0, 0.05) is 6.07 Å². The summed E-state index contributed by atoms with van der Waals surface area (Å²) in [6.45, 7) is 0. The fourth-order valence-corrected chi connectivity index (χ4v) is 1.22. The van der Waals surface area contributed by atoms with Crippen molar-refractivity contribution in [2.45, 2.75) is 6.36 Å². The average molecular weight is 255 g/mol. The number of ether oxygens (including phenoxy) is 1. The van der Waals surface area contributed by atoms with Gasteiger partial charge >= 0.3 is 6.36 Å². The Morgan fingerprint density at radius 1 is 1.38 bits per heavy atom. The van der Waals surface area contributed by atoms with E-state index in [9.17, 15) is 18.0 Å². The van der Waals surface area contributed by atoms with Gasteiger partial charge in [0.1, 0.15) is 0 Å². The zero-order valence-electron chi connectivity index (χ0n) is 7.64. The molecule has 0 unspecified atom stereocenters. The normalized spacial score (nSPS) is 11.2. The van der Waals surface area contributed by atoms with Gasteiger partial charge in [0.25, 0.3) is 0 Å². The first-order valence-corrected chi connectivity index (χ1v) is 4.23. The molecule has 4 N–H and O–H groups in total. The molecule has 88 valence electrons. The third-order valence-electron chi connectivity index (χ3n) is 1.59. The van der Waals surface area contributed by atoms with Crippen LogP contribution in [0.25, 0.3) is 0 Å². The summed E-state index contributed by atoms with van der Waals surface area (Å²) in [4.78, 5) is 10.8. The summed E-state index contributed by atoms with van der Waals surface area (Å²) in [5, 5.41) is -0.263. The number of carbonyl (C=O) groups is 1. The lowest BCUT2D eigenvalue weighted by atomic mass is 10.2. The summed E-state index contributed by atoms with van der Waals surface area (Å²) >= 11 is 5.52. The second kappa shape index (κ2) is 4.09. The number of hydrogen-bond donors (Lipinski definition) is 2. The van der Waals surface area contributed by atoms with Crippen LogP contribution in [0, 0.1) is 0 Å². The van der Waals surface area contributed by atoms with Crippen LogP contribution in [-0.2, 0) is 0 Å². The maximum absolute atomic E-state index is 11.9. The van der Waals surface area contributed by atoms with E-state index in [1.54, 1.807) is 0 Å². The molecule has 8 heteroatoms. The highest BCUT2D eigenvalue weighted by atomic mass is 35.5. The molecule has 0 atom stereocenters. The van der Waals surface area contributed by atoms with Gasteiger partial charge in [0.05, 0.1) is 16.3 Å². The monoisotopic (exact) mass is 254 g/mol. The van der Waals surface area contributed by atoms with Crippen molar-refractivity contribution in [3.63, 3.8) is 0 Å². The predicted molar refractivity (Wildman–Crippen MR) is 51.1 cm³/mol. The molecule has 0 saturated carbocycles. The number of amides is 1. The van der Waals surface area contributed by atoms with E-state index in [0.717, 1.165) is 12.1 Å². The number of nitrogen functional groups attached to an aromatic ring is 1. The van der Waals surface area contributed by atoms with Crippen molar-refractivity contribution >= 4 is 23.2 Å². The number of alkyl halides is 3. The van der Waals surface area contributed by atoms with Gasteiger partial charge in [-0.15, -0.1) is 13.2 Å². The van der Waals surface area contributed by atoms with E-state index in [1.165, 1.54) is 0 Å². The topological polar surface area (TPSA) is 78.3 Å². The highest BCUT2D eigenvalue weighted by molar-refractivity contribution is 6.34. The molecule has 0 fully saturated rings. The van der Waals surface area contributed by atoms with Crippen molar-refractivity contribution in [1.82, 2.24) is 0 Å². The molecule has 1 amide bonds. The summed E-state index contributed by atoms with van der Waals surface area (Å²) in [5.74, 6) is -1.57. The highest BCUT2D eigenvalue weighted by Crippen LogP contribution is 2.32. The van der Waals surface area contributed by atoms with Gasteiger partial charge < -0.3 is 16.2 Å². The Bertz CT molecular complexity index is 434. The van der Waals surface area contributed by atoms with Crippen LogP contribution in [0.15, 0.2) is 12.1 Å². The Hall–Kier alpha value is -1.63. The molecule has 0 bridgehead atoms. The Balaban J connectivity index is 3.16. The molecule has 16 heavy (non-hydrogen) atoms. The molecule has 0 aliphatic rings. The molecule has 0 aliphatic heterocycles. The minimum atomic E-state index is -4.88. The summed E-state index contributed by atoms with van der Waals surface area (Å²) in [7, 11) is 0. The molecular weight excluding hydrogens is 249 g/mol. The molecule has 1 aromatic rings. The fraction of sp³-hybridized carbons (Fsp3) is 0.125. The summed E-state index contributed by atoms with van der Waals surface area (Å²) < 4.78 is 39.3. The summed E-state index contributed by atoms with van der Waals surface area (Å²) in [5.41, 5.74) is 9.61. The number of halogens is 4. The number of rotatable bonds is 2. The van der Waals surface area contributed by atoms with Crippen molar-refractivity contribution < 1.29 is 22.7 Å². The molecule has 0 aromatic heterocycles. The van der Waals surface area contributed by atoms with E-state index in [0.29, 0.717) is 0 Å². The van der Waals surface area contributed by atoms with E-state index < -0.39 is 18.0 Å². The molecule has 1 rings (SSSR count). The van der Waals surface area contributed by atoms with E-state index in [-0.39, 0.29) is 16.3 Å². The zero-order chi connectivity index (χ0) is 12.5. The van der Waals surface area contributed by atoms with Gasteiger partial charge in [-0.25, -0.2) is 0 Å². The fourth-order valence-electron chi connectivity index (χ4n) is 0.974. The molecule has 1 aromatic carbocycles. The molecule has 0 aliphatic carbocycles. The van der Waals surface area contributed by atoms with Crippen LogP contribution in [-0.4, -0.2) is 12.3 Å². The maximum atomic E-state index is 11.9. The molecule has 0 radical (unpaired) electrons. The lowest BCUT2D eigenvalue weighted by Gasteiger charge is -2.12. The molecule has 4 nitrogen and oxygen atoms in total. The Kier molecular flexibility index (Phi) is 3.18. The van der Waals surface area contributed by atoms with E-state index in [4.69, 9.17) is 23.1 Å². The Morgan fingerprint density at radius 2 is 1.94 bits per heavy atom. The van der Waals surface area contributed by atoms with Crippen molar-refractivity contribution in [1.29, 1.82) is 0 Å². The molecular formula is C8H6ClF3N2O2. The van der Waals surface area contributed by atoms with Crippen molar-refractivity contribution in [2.24, 2.45) is 5.73 Å². The largest absolute Gasteiger partial charge is 0.573 e. The first kappa shape index (κ1) is 12.4. The first-order chi connectivity index (χ1) is 7.20. The standard InChI is InChI=1S/C8H6ClF3N2O2/c9-4-2-6(16-8(10,11)12)5(13)1-3(4)7(14)15/h1-2H,13H2,(H2,14,15). The minimum Gasteiger partial charge on any atom is -0.404 e. The lowest BCUT2D eigenvalue weighted by molar-refractivity contribution is -0.274. The Morgan fingerprint density at radius 3 is 2.38 bits per heavy atom. The van der Waals surface area contributed by atoms with Crippen molar-refractivity contribution in [2.75, 3.05) is 5.73 Å². The summed E-state index contributed by atoms with van der Waals surface area (Å²) in [6.07, 6.45) is -4.88. The molecule has 0 saturated heterocycles. The maximum Gasteiger partial charge on any atom is 0.573 e. The van der Waals surface area contributed by atoms with Crippen LogP contribution in [0.5, 0.6) is 5.75 Å². The van der Waals surface area contributed by atoms with Gasteiger partial charge in [0.2, 0.25) is 5.91 Å². The third kappa shape index (κ3) is 2.93. The second-order valence-corrected chi connectivity index (χ2v) is 3.19. The Labute approximate surface area is 92.9 Å². The number of nitrogens with two attached hydrogens (primary N) is 2. The molecule has 0 heterocycles. The van der Waals surface area contributed by atoms with Gasteiger partial charge in [-0.3, -0.25) is 4.79 Å². The van der Waals surface area contributed by atoms with Crippen LogP contribution in [0.4, 0.5) is 18.9 Å². The van der Waals surface area contributed by atoms with Crippen molar-refractivity contribution in [3.05, 3.63) is 22.7 Å². The quantitative estimate of drug-likeness (QED) is 0.792. The van der Waals surface area contributed by atoms with Gasteiger partial charge in [-0.1, -0.05) is 11.6 Å². The van der Waals surface area contributed by atoms with Crippen molar-refractivity contribution in [3.8, 4) is 5.75 Å². The van der Waals surface area contributed by atoms with Gasteiger partial charge in [-0.05, 0) is 6.07 Å². The number of anilines is 1. The van der Waals surface area contributed by atoms with E-state index >= 15 is 0 Å². The zero-order valence-corrected chi connectivity index (χ0v) is 8.39.